The molecule has 0 aliphatic heterocycles. The standard InChI is InChI=1S/C15H18N2S/c1-16-14-5-3-4-12(10-14)11-17-13-6-8-15(18-2)9-7-13/h3-10,16-17H,11H2,1-2H3. The van der Waals surface area contributed by atoms with E-state index in [0.29, 0.717) is 0 Å². The van der Waals surface area contributed by atoms with Gasteiger partial charge in [0.05, 0.1) is 0 Å². The second-order valence-electron chi connectivity index (χ2n) is 4.03. The first-order valence-corrected chi connectivity index (χ1v) is 7.19. The quantitative estimate of drug-likeness (QED) is 0.791. The fourth-order valence-electron chi connectivity index (χ4n) is 1.75. The van der Waals surface area contributed by atoms with Gasteiger partial charge in [-0.2, -0.15) is 0 Å². The van der Waals surface area contributed by atoms with Gasteiger partial charge in [0, 0.05) is 29.9 Å². The molecule has 0 spiro atoms. The lowest BCUT2D eigenvalue weighted by Gasteiger charge is -2.08. The molecule has 0 saturated heterocycles. The van der Waals surface area contributed by atoms with Gasteiger partial charge in [-0.3, -0.25) is 0 Å². The largest absolute Gasteiger partial charge is 0.388 e. The summed E-state index contributed by atoms with van der Waals surface area (Å²) < 4.78 is 0. The summed E-state index contributed by atoms with van der Waals surface area (Å²) in [5.41, 5.74) is 3.57. The first kappa shape index (κ1) is 12.8. The maximum atomic E-state index is 3.43. The van der Waals surface area contributed by atoms with E-state index in [4.69, 9.17) is 0 Å². The van der Waals surface area contributed by atoms with Gasteiger partial charge in [-0.25, -0.2) is 0 Å². The first-order valence-electron chi connectivity index (χ1n) is 5.96. The topological polar surface area (TPSA) is 24.1 Å². The van der Waals surface area contributed by atoms with Crippen LogP contribution in [0.25, 0.3) is 0 Å². The Labute approximate surface area is 113 Å². The number of rotatable bonds is 5. The van der Waals surface area contributed by atoms with E-state index in [2.05, 4.69) is 65.4 Å². The van der Waals surface area contributed by atoms with E-state index in [0.717, 1.165) is 17.9 Å². The van der Waals surface area contributed by atoms with Crippen molar-refractivity contribution in [3.8, 4) is 0 Å². The van der Waals surface area contributed by atoms with Crippen LogP contribution in [0.1, 0.15) is 5.56 Å². The molecule has 0 aliphatic carbocycles. The Bertz CT molecular complexity index is 494. The van der Waals surface area contributed by atoms with Crippen molar-refractivity contribution in [2.45, 2.75) is 11.4 Å². The number of thioether (sulfide) groups is 1. The fourth-order valence-corrected chi connectivity index (χ4v) is 2.16. The van der Waals surface area contributed by atoms with Crippen LogP contribution < -0.4 is 10.6 Å². The van der Waals surface area contributed by atoms with Crippen LogP contribution in [0.2, 0.25) is 0 Å². The zero-order valence-corrected chi connectivity index (χ0v) is 11.6. The summed E-state index contributed by atoms with van der Waals surface area (Å²) in [6.45, 7) is 0.841. The Balaban J connectivity index is 1.97. The van der Waals surface area contributed by atoms with Crippen molar-refractivity contribution in [3.05, 3.63) is 54.1 Å². The molecule has 2 N–H and O–H groups in total. The minimum atomic E-state index is 0.841. The predicted molar refractivity (Wildman–Crippen MR) is 81.5 cm³/mol. The Morgan fingerprint density at radius 2 is 1.78 bits per heavy atom. The Morgan fingerprint density at radius 3 is 2.44 bits per heavy atom. The van der Waals surface area contributed by atoms with E-state index in [1.165, 1.54) is 10.5 Å². The van der Waals surface area contributed by atoms with Crippen LogP contribution in [0, 0.1) is 0 Å². The third-order valence-corrected chi connectivity index (χ3v) is 3.55. The molecule has 2 aromatic rings. The molecule has 2 aromatic carbocycles. The molecule has 0 fully saturated rings. The number of benzene rings is 2. The Hall–Kier alpha value is -1.61. The molecular formula is C15H18N2S. The highest BCUT2D eigenvalue weighted by atomic mass is 32.2. The SMILES string of the molecule is CNc1cccc(CNc2ccc(SC)cc2)c1. The predicted octanol–water partition coefficient (Wildman–Crippen LogP) is 4.06. The van der Waals surface area contributed by atoms with Crippen LogP contribution >= 0.6 is 11.8 Å². The molecule has 0 bridgehead atoms. The zero-order valence-electron chi connectivity index (χ0n) is 10.7. The highest BCUT2D eigenvalue weighted by molar-refractivity contribution is 7.98. The van der Waals surface area contributed by atoms with Crippen LogP contribution in [0.15, 0.2) is 53.4 Å². The van der Waals surface area contributed by atoms with Crippen molar-refractivity contribution >= 4 is 23.1 Å². The average molecular weight is 258 g/mol. The van der Waals surface area contributed by atoms with Gasteiger partial charge in [-0.15, -0.1) is 11.8 Å². The van der Waals surface area contributed by atoms with Crippen LogP contribution in [0.3, 0.4) is 0 Å². The summed E-state index contributed by atoms with van der Waals surface area (Å²) in [7, 11) is 1.94. The van der Waals surface area contributed by atoms with Gasteiger partial charge in [-0.05, 0) is 48.2 Å². The molecule has 2 rings (SSSR count). The third kappa shape index (κ3) is 3.44. The molecule has 2 nitrogen and oxygen atoms in total. The summed E-state index contributed by atoms with van der Waals surface area (Å²) in [6, 6.07) is 16.9. The second kappa shape index (κ2) is 6.36. The Kier molecular flexibility index (Phi) is 4.53. The summed E-state index contributed by atoms with van der Waals surface area (Å²) in [5, 5.41) is 6.58. The number of nitrogens with one attached hydrogen (secondary N) is 2. The van der Waals surface area contributed by atoms with E-state index >= 15 is 0 Å². The summed E-state index contributed by atoms with van der Waals surface area (Å²) in [4.78, 5) is 1.29. The molecule has 0 saturated carbocycles. The lowest BCUT2D eigenvalue weighted by molar-refractivity contribution is 1.15. The summed E-state index contributed by atoms with van der Waals surface area (Å²) in [6.07, 6.45) is 2.09. The highest BCUT2D eigenvalue weighted by Gasteiger charge is 1.96. The smallest absolute Gasteiger partial charge is 0.0401 e. The van der Waals surface area contributed by atoms with Crippen molar-refractivity contribution in [1.82, 2.24) is 0 Å². The molecule has 0 heterocycles. The molecule has 0 radical (unpaired) electrons. The Morgan fingerprint density at radius 1 is 1.00 bits per heavy atom. The number of hydrogen-bond acceptors (Lipinski definition) is 3. The molecule has 0 aliphatic rings. The van der Waals surface area contributed by atoms with Gasteiger partial charge in [0.25, 0.3) is 0 Å². The lowest BCUT2D eigenvalue weighted by Crippen LogP contribution is -1.99. The molecule has 0 aromatic heterocycles. The van der Waals surface area contributed by atoms with E-state index in [9.17, 15) is 0 Å². The first-order chi connectivity index (χ1) is 8.81. The van der Waals surface area contributed by atoms with Gasteiger partial charge in [-0.1, -0.05) is 12.1 Å². The van der Waals surface area contributed by atoms with E-state index in [-0.39, 0.29) is 0 Å². The molecule has 3 heteroatoms. The third-order valence-electron chi connectivity index (χ3n) is 2.80. The summed E-state index contributed by atoms with van der Waals surface area (Å²) >= 11 is 1.76. The van der Waals surface area contributed by atoms with Crippen molar-refractivity contribution in [3.63, 3.8) is 0 Å². The maximum Gasteiger partial charge on any atom is 0.0401 e. The highest BCUT2D eigenvalue weighted by Crippen LogP contribution is 2.18. The normalized spacial score (nSPS) is 10.1. The van der Waals surface area contributed by atoms with Gasteiger partial charge in [0.2, 0.25) is 0 Å². The van der Waals surface area contributed by atoms with Gasteiger partial charge in [0.1, 0.15) is 0 Å². The monoisotopic (exact) mass is 258 g/mol. The molecule has 0 atom stereocenters. The van der Waals surface area contributed by atoms with Gasteiger partial charge in [0.15, 0.2) is 0 Å². The minimum Gasteiger partial charge on any atom is -0.388 e. The lowest BCUT2D eigenvalue weighted by atomic mass is 10.2. The molecule has 0 unspecified atom stereocenters. The van der Waals surface area contributed by atoms with Crippen molar-refractivity contribution in [2.75, 3.05) is 23.9 Å². The van der Waals surface area contributed by atoms with E-state index in [1.54, 1.807) is 11.8 Å². The molecule has 0 amide bonds. The van der Waals surface area contributed by atoms with Crippen molar-refractivity contribution in [2.24, 2.45) is 0 Å². The van der Waals surface area contributed by atoms with Crippen LogP contribution in [0.5, 0.6) is 0 Å². The zero-order chi connectivity index (χ0) is 12.8. The van der Waals surface area contributed by atoms with Crippen molar-refractivity contribution in [1.29, 1.82) is 0 Å². The van der Waals surface area contributed by atoms with Crippen molar-refractivity contribution < 1.29 is 0 Å². The van der Waals surface area contributed by atoms with Crippen LogP contribution in [-0.2, 0) is 6.54 Å². The fraction of sp³-hybridized carbons (Fsp3) is 0.200. The summed E-state index contributed by atoms with van der Waals surface area (Å²) in [5.74, 6) is 0. The minimum absolute atomic E-state index is 0.841. The molecular weight excluding hydrogens is 240 g/mol. The number of anilines is 2. The maximum absolute atomic E-state index is 3.43. The van der Waals surface area contributed by atoms with Crippen LogP contribution in [-0.4, -0.2) is 13.3 Å². The average Bonchev–Trinajstić information content (AvgIpc) is 2.46. The van der Waals surface area contributed by atoms with Gasteiger partial charge < -0.3 is 10.6 Å². The van der Waals surface area contributed by atoms with E-state index < -0.39 is 0 Å². The molecule has 94 valence electrons. The van der Waals surface area contributed by atoms with E-state index in [1.807, 2.05) is 7.05 Å². The number of hydrogen-bond donors (Lipinski definition) is 2. The molecule has 18 heavy (non-hydrogen) atoms. The van der Waals surface area contributed by atoms with Gasteiger partial charge >= 0.3 is 0 Å². The van der Waals surface area contributed by atoms with Crippen LogP contribution in [0.4, 0.5) is 11.4 Å². The second-order valence-corrected chi connectivity index (χ2v) is 4.91.